The van der Waals surface area contributed by atoms with Crippen LogP contribution >= 0.6 is 0 Å². The number of likely N-dealkylation sites (tertiary alicyclic amines) is 2. The predicted octanol–water partition coefficient (Wildman–Crippen LogP) is 2.22. The van der Waals surface area contributed by atoms with Crippen LogP contribution in [0.1, 0.15) is 46.5 Å². The molecule has 3 rings (SSSR count). The van der Waals surface area contributed by atoms with Crippen molar-refractivity contribution >= 4 is 0 Å². The first-order chi connectivity index (χ1) is 13.0. The Bertz CT molecular complexity index is 604. The molecule has 1 atom stereocenters. The van der Waals surface area contributed by atoms with Crippen LogP contribution in [-0.2, 0) is 0 Å². The van der Waals surface area contributed by atoms with Gasteiger partial charge in [0.25, 0.3) is 0 Å². The fraction of sp³-hybridized carbons (Fsp3) is 0.810. The molecule has 0 radical (unpaired) electrons. The molecular formula is C21H34N6. The largest absolute Gasteiger partial charge is 0.354 e. The molecule has 3 heterocycles. The Morgan fingerprint density at radius 1 is 1.00 bits per heavy atom. The zero-order chi connectivity index (χ0) is 19.4. The number of allylic oxidation sites excluding steroid dienone is 1. The van der Waals surface area contributed by atoms with Gasteiger partial charge in [0.1, 0.15) is 18.0 Å². The van der Waals surface area contributed by atoms with Crippen molar-refractivity contribution in [2.75, 3.05) is 45.8 Å². The van der Waals surface area contributed by atoms with Crippen molar-refractivity contribution in [3.8, 4) is 12.1 Å². The van der Waals surface area contributed by atoms with Crippen molar-refractivity contribution < 1.29 is 0 Å². The van der Waals surface area contributed by atoms with E-state index in [9.17, 15) is 10.5 Å². The van der Waals surface area contributed by atoms with Crippen LogP contribution in [0.15, 0.2) is 11.4 Å². The van der Waals surface area contributed by atoms with Crippen LogP contribution in [0.3, 0.4) is 0 Å². The molecule has 3 aliphatic heterocycles. The van der Waals surface area contributed by atoms with Gasteiger partial charge < -0.3 is 14.7 Å². The minimum Gasteiger partial charge on any atom is -0.354 e. The van der Waals surface area contributed by atoms with Crippen molar-refractivity contribution in [1.29, 1.82) is 10.5 Å². The summed E-state index contributed by atoms with van der Waals surface area (Å²) in [5.41, 5.74) is 0.285. The standard InChI is InChI=1S/C21H34N6/c1-17(2)24-9-6-20(7-10-24)27-14-13-26(21(27)19(15-22)16-23)12-11-25-8-4-5-18(25)3/h17-18,20H,4-14H2,1-3H3/t18-/m0/s1. The summed E-state index contributed by atoms with van der Waals surface area (Å²) in [6.45, 7) is 14.0. The molecule has 6 heteroatoms. The molecule has 27 heavy (non-hydrogen) atoms. The van der Waals surface area contributed by atoms with Crippen LogP contribution < -0.4 is 0 Å². The van der Waals surface area contributed by atoms with E-state index in [4.69, 9.17) is 0 Å². The van der Waals surface area contributed by atoms with Crippen LogP contribution in [0.25, 0.3) is 0 Å². The molecule has 0 aromatic rings. The molecule has 0 aliphatic carbocycles. The van der Waals surface area contributed by atoms with Crippen molar-refractivity contribution in [2.24, 2.45) is 0 Å². The third kappa shape index (κ3) is 4.39. The molecule has 6 nitrogen and oxygen atoms in total. The highest BCUT2D eigenvalue weighted by Gasteiger charge is 2.35. The molecule has 3 fully saturated rings. The Balaban J connectivity index is 1.69. The zero-order valence-corrected chi connectivity index (χ0v) is 17.2. The van der Waals surface area contributed by atoms with Crippen molar-refractivity contribution in [2.45, 2.75) is 64.6 Å². The molecule has 0 amide bonds. The molecule has 0 unspecified atom stereocenters. The van der Waals surface area contributed by atoms with E-state index in [0.717, 1.165) is 57.9 Å². The normalized spacial score (nSPS) is 25.3. The van der Waals surface area contributed by atoms with E-state index in [1.165, 1.54) is 19.4 Å². The van der Waals surface area contributed by atoms with E-state index in [1.807, 2.05) is 0 Å². The SMILES string of the molecule is CC(C)N1CCC(N2CCN(CCN3CCC[C@@H]3C)C2=C(C#N)C#N)CC1. The Labute approximate surface area is 164 Å². The fourth-order valence-electron chi connectivity index (χ4n) is 4.91. The first kappa shape index (κ1) is 20.0. The zero-order valence-electron chi connectivity index (χ0n) is 17.2. The first-order valence-electron chi connectivity index (χ1n) is 10.6. The van der Waals surface area contributed by atoms with Gasteiger partial charge >= 0.3 is 0 Å². The van der Waals surface area contributed by atoms with Gasteiger partial charge in [-0.3, -0.25) is 4.90 Å². The highest BCUT2D eigenvalue weighted by Crippen LogP contribution is 2.29. The highest BCUT2D eigenvalue weighted by molar-refractivity contribution is 5.40. The molecule has 3 saturated heterocycles. The maximum atomic E-state index is 9.55. The number of hydrogen-bond acceptors (Lipinski definition) is 6. The molecular weight excluding hydrogens is 336 g/mol. The number of nitriles is 2. The Hall–Kier alpha value is -1.76. The smallest absolute Gasteiger partial charge is 0.169 e. The monoisotopic (exact) mass is 370 g/mol. The van der Waals surface area contributed by atoms with Gasteiger partial charge in [-0.15, -0.1) is 0 Å². The second-order valence-electron chi connectivity index (χ2n) is 8.49. The summed E-state index contributed by atoms with van der Waals surface area (Å²) < 4.78 is 0. The topological polar surface area (TPSA) is 60.5 Å². The van der Waals surface area contributed by atoms with Crippen molar-refractivity contribution in [3.05, 3.63) is 11.4 Å². The van der Waals surface area contributed by atoms with Gasteiger partial charge in [-0.05, 0) is 53.0 Å². The third-order valence-corrected chi connectivity index (χ3v) is 6.65. The average molecular weight is 371 g/mol. The molecule has 0 aromatic carbocycles. The summed E-state index contributed by atoms with van der Waals surface area (Å²) in [5, 5.41) is 19.1. The van der Waals surface area contributed by atoms with Gasteiger partial charge in [0.05, 0.1) is 0 Å². The molecule has 0 N–H and O–H groups in total. The highest BCUT2D eigenvalue weighted by atomic mass is 15.4. The van der Waals surface area contributed by atoms with E-state index in [0.29, 0.717) is 18.1 Å². The Morgan fingerprint density at radius 2 is 1.70 bits per heavy atom. The number of piperidine rings is 1. The molecule has 0 bridgehead atoms. The van der Waals surface area contributed by atoms with Gasteiger partial charge in [-0.1, -0.05) is 0 Å². The van der Waals surface area contributed by atoms with Crippen molar-refractivity contribution in [3.63, 3.8) is 0 Å². The summed E-state index contributed by atoms with van der Waals surface area (Å²) in [6, 6.07) is 6.03. The summed E-state index contributed by atoms with van der Waals surface area (Å²) in [4.78, 5) is 9.73. The van der Waals surface area contributed by atoms with Gasteiger partial charge in [0.2, 0.25) is 0 Å². The summed E-state index contributed by atoms with van der Waals surface area (Å²) in [7, 11) is 0. The number of hydrogen-bond donors (Lipinski definition) is 0. The third-order valence-electron chi connectivity index (χ3n) is 6.65. The van der Waals surface area contributed by atoms with E-state index in [1.54, 1.807) is 0 Å². The van der Waals surface area contributed by atoms with Crippen LogP contribution in [0.4, 0.5) is 0 Å². The van der Waals surface area contributed by atoms with Crippen LogP contribution in [0.2, 0.25) is 0 Å². The minimum absolute atomic E-state index is 0.285. The fourth-order valence-corrected chi connectivity index (χ4v) is 4.91. The van der Waals surface area contributed by atoms with Crippen LogP contribution in [0, 0.1) is 22.7 Å². The predicted molar refractivity (Wildman–Crippen MR) is 107 cm³/mol. The molecule has 0 saturated carbocycles. The lowest BCUT2D eigenvalue weighted by Crippen LogP contribution is -2.46. The lowest BCUT2D eigenvalue weighted by molar-refractivity contribution is 0.115. The Morgan fingerprint density at radius 3 is 2.26 bits per heavy atom. The average Bonchev–Trinajstić information content (AvgIpc) is 3.27. The summed E-state index contributed by atoms with van der Waals surface area (Å²) in [5.74, 6) is 0.898. The maximum absolute atomic E-state index is 9.55. The van der Waals surface area contributed by atoms with Crippen LogP contribution in [-0.4, -0.2) is 83.5 Å². The lowest BCUT2D eigenvalue weighted by Gasteiger charge is -2.40. The number of nitrogens with zero attached hydrogens (tertiary/aromatic N) is 6. The number of rotatable bonds is 5. The van der Waals surface area contributed by atoms with Gasteiger partial charge in [-0.2, -0.15) is 10.5 Å². The van der Waals surface area contributed by atoms with E-state index < -0.39 is 0 Å². The minimum atomic E-state index is 0.285. The molecule has 0 aromatic heterocycles. The summed E-state index contributed by atoms with van der Waals surface area (Å²) in [6.07, 6.45) is 4.79. The summed E-state index contributed by atoms with van der Waals surface area (Å²) >= 11 is 0. The van der Waals surface area contributed by atoms with Crippen LogP contribution in [0.5, 0.6) is 0 Å². The quantitative estimate of drug-likeness (QED) is 0.692. The van der Waals surface area contributed by atoms with Crippen molar-refractivity contribution in [1.82, 2.24) is 19.6 Å². The first-order valence-corrected chi connectivity index (χ1v) is 10.6. The second kappa shape index (κ2) is 8.95. The van der Waals surface area contributed by atoms with E-state index in [-0.39, 0.29) is 5.57 Å². The molecule has 148 valence electrons. The maximum Gasteiger partial charge on any atom is 0.169 e. The van der Waals surface area contributed by atoms with Gasteiger partial charge in [0, 0.05) is 57.4 Å². The second-order valence-corrected chi connectivity index (χ2v) is 8.49. The Kier molecular flexibility index (Phi) is 6.63. The van der Waals surface area contributed by atoms with E-state index >= 15 is 0 Å². The van der Waals surface area contributed by atoms with Gasteiger partial charge in [-0.25, -0.2) is 0 Å². The molecule has 0 spiro atoms. The molecule has 3 aliphatic rings. The lowest BCUT2D eigenvalue weighted by atomic mass is 10.0. The van der Waals surface area contributed by atoms with Gasteiger partial charge in [0.15, 0.2) is 5.57 Å². The van der Waals surface area contributed by atoms with E-state index in [2.05, 4.69) is 52.5 Å².